The molecule has 1 heterocycles. The van der Waals surface area contributed by atoms with Crippen LogP contribution in [0.15, 0.2) is 12.1 Å². The van der Waals surface area contributed by atoms with E-state index >= 15 is 0 Å². The average Bonchev–Trinajstić information content (AvgIpc) is 2.42. The lowest BCUT2D eigenvalue weighted by Crippen LogP contribution is -2.55. The number of esters is 1. The molecule has 1 aliphatic heterocycles. The fraction of sp³-hybridized carbons (Fsp3) is 0.533. The number of carbonyl (C=O) groups is 1. The third-order valence-electron chi connectivity index (χ3n) is 4.17. The largest absolute Gasteiger partial charge is 0.465 e. The highest BCUT2D eigenvalue weighted by Crippen LogP contribution is 2.35. The van der Waals surface area contributed by atoms with Crippen LogP contribution in [0.3, 0.4) is 0 Å². The minimum atomic E-state index is -0.418. The van der Waals surface area contributed by atoms with Crippen LogP contribution in [0.2, 0.25) is 5.02 Å². The fourth-order valence-corrected chi connectivity index (χ4v) is 3.14. The average molecular weight is 312 g/mol. The lowest BCUT2D eigenvalue weighted by molar-refractivity contribution is 0.0601. The van der Waals surface area contributed by atoms with Gasteiger partial charge in [0.2, 0.25) is 0 Å². The second kappa shape index (κ2) is 6.12. The van der Waals surface area contributed by atoms with Gasteiger partial charge in [0.05, 0.1) is 23.4 Å². The summed E-state index contributed by atoms with van der Waals surface area (Å²) in [5.74, 6) is -0.418. The molecule has 6 heteroatoms. The Bertz CT molecular complexity index is 538. The van der Waals surface area contributed by atoms with E-state index in [-0.39, 0.29) is 0 Å². The summed E-state index contributed by atoms with van der Waals surface area (Å²) in [4.78, 5) is 16.5. The molecular weight excluding hydrogens is 290 g/mol. The fourth-order valence-electron chi connectivity index (χ4n) is 2.79. The van der Waals surface area contributed by atoms with Crippen molar-refractivity contribution in [2.45, 2.75) is 25.9 Å². The Kier molecular flexibility index (Phi) is 4.64. The summed E-state index contributed by atoms with van der Waals surface area (Å²) in [5.41, 5.74) is 7.40. The molecule has 2 atom stereocenters. The molecule has 0 aromatic heterocycles. The van der Waals surface area contributed by atoms with Crippen molar-refractivity contribution in [1.82, 2.24) is 4.90 Å². The first kappa shape index (κ1) is 15.9. The molecule has 1 aromatic rings. The second-order valence-corrected chi connectivity index (χ2v) is 6.07. The van der Waals surface area contributed by atoms with Crippen molar-refractivity contribution >= 4 is 28.9 Å². The van der Waals surface area contributed by atoms with Gasteiger partial charge in [0.1, 0.15) is 0 Å². The first-order chi connectivity index (χ1) is 9.85. The van der Waals surface area contributed by atoms with Crippen molar-refractivity contribution in [2.75, 3.05) is 37.9 Å². The molecule has 5 nitrogen and oxygen atoms in total. The van der Waals surface area contributed by atoms with Crippen molar-refractivity contribution in [3.8, 4) is 0 Å². The van der Waals surface area contributed by atoms with E-state index in [1.807, 2.05) is 0 Å². The van der Waals surface area contributed by atoms with Gasteiger partial charge in [0.15, 0.2) is 0 Å². The number of nitrogen functional groups attached to an aromatic ring is 1. The van der Waals surface area contributed by atoms with E-state index in [1.54, 1.807) is 12.1 Å². The number of carbonyl (C=O) groups excluding carboxylic acids is 1. The molecule has 2 rings (SSSR count). The summed E-state index contributed by atoms with van der Waals surface area (Å²) < 4.78 is 4.86. The van der Waals surface area contributed by atoms with Gasteiger partial charge >= 0.3 is 5.97 Å². The second-order valence-electron chi connectivity index (χ2n) is 5.66. The molecule has 0 amide bonds. The van der Waals surface area contributed by atoms with Crippen molar-refractivity contribution in [3.05, 3.63) is 22.7 Å². The van der Waals surface area contributed by atoms with E-state index in [0.29, 0.717) is 34.0 Å². The number of ether oxygens (including phenoxy) is 1. The van der Waals surface area contributed by atoms with E-state index in [2.05, 4.69) is 30.7 Å². The minimum Gasteiger partial charge on any atom is -0.465 e. The topological polar surface area (TPSA) is 58.8 Å². The summed E-state index contributed by atoms with van der Waals surface area (Å²) in [6.07, 6.45) is 0. The van der Waals surface area contributed by atoms with Crippen LogP contribution in [0.4, 0.5) is 11.4 Å². The van der Waals surface area contributed by atoms with Crippen LogP contribution in [-0.2, 0) is 4.74 Å². The number of benzene rings is 1. The summed E-state index contributed by atoms with van der Waals surface area (Å²) in [6, 6.07) is 4.04. The standard InChI is InChI=1S/C15H22ClN3O2/c1-9-7-19(8-10(2)18(9)3)14-12(15(20)21-4)5-11(17)6-13(14)16/h5-6,9-10H,7-8,17H2,1-4H3. The predicted molar refractivity (Wildman–Crippen MR) is 86.1 cm³/mol. The Morgan fingerprint density at radius 3 is 2.43 bits per heavy atom. The zero-order valence-corrected chi connectivity index (χ0v) is 13.6. The molecular formula is C15H22ClN3O2. The summed E-state index contributed by atoms with van der Waals surface area (Å²) >= 11 is 6.36. The van der Waals surface area contributed by atoms with Crippen LogP contribution in [0.5, 0.6) is 0 Å². The highest BCUT2D eigenvalue weighted by molar-refractivity contribution is 6.34. The van der Waals surface area contributed by atoms with Gasteiger partial charge in [-0.05, 0) is 33.0 Å². The van der Waals surface area contributed by atoms with Gasteiger partial charge in [-0.15, -0.1) is 0 Å². The Morgan fingerprint density at radius 2 is 1.90 bits per heavy atom. The van der Waals surface area contributed by atoms with Crippen LogP contribution >= 0.6 is 11.6 Å². The lowest BCUT2D eigenvalue weighted by atomic mass is 10.1. The van der Waals surface area contributed by atoms with Crippen LogP contribution in [0.25, 0.3) is 0 Å². The Balaban J connectivity index is 2.45. The van der Waals surface area contributed by atoms with Gasteiger partial charge in [-0.1, -0.05) is 11.6 Å². The van der Waals surface area contributed by atoms with Gasteiger partial charge in [-0.3, -0.25) is 4.90 Å². The Morgan fingerprint density at radius 1 is 1.33 bits per heavy atom. The maximum atomic E-state index is 12.0. The van der Waals surface area contributed by atoms with Crippen LogP contribution < -0.4 is 10.6 Å². The number of halogens is 1. The number of nitrogens with two attached hydrogens (primary N) is 1. The smallest absolute Gasteiger partial charge is 0.340 e. The maximum Gasteiger partial charge on any atom is 0.340 e. The number of anilines is 2. The SMILES string of the molecule is COC(=O)c1cc(N)cc(Cl)c1N1CC(C)N(C)C(C)C1. The van der Waals surface area contributed by atoms with Crippen LogP contribution in [0, 0.1) is 0 Å². The summed E-state index contributed by atoms with van der Waals surface area (Å²) in [5, 5.41) is 0.486. The molecule has 0 bridgehead atoms. The molecule has 0 aliphatic carbocycles. The monoisotopic (exact) mass is 311 g/mol. The molecule has 0 radical (unpaired) electrons. The van der Waals surface area contributed by atoms with Crippen molar-refractivity contribution in [2.24, 2.45) is 0 Å². The summed E-state index contributed by atoms with van der Waals surface area (Å²) in [7, 11) is 3.47. The van der Waals surface area contributed by atoms with Gasteiger partial charge in [0, 0.05) is 30.9 Å². The first-order valence-electron chi connectivity index (χ1n) is 6.99. The Hall–Kier alpha value is -1.46. The van der Waals surface area contributed by atoms with Crippen LogP contribution in [-0.4, -0.2) is 50.2 Å². The van der Waals surface area contributed by atoms with Crippen molar-refractivity contribution < 1.29 is 9.53 Å². The highest BCUT2D eigenvalue weighted by Gasteiger charge is 2.30. The van der Waals surface area contributed by atoms with Gasteiger partial charge in [0.25, 0.3) is 0 Å². The number of methoxy groups -OCH3 is 1. The van der Waals surface area contributed by atoms with Gasteiger partial charge in [-0.2, -0.15) is 0 Å². The molecule has 116 valence electrons. The van der Waals surface area contributed by atoms with Gasteiger partial charge < -0.3 is 15.4 Å². The van der Waals surface area contributed by atoms with E-state index in [1.165, 1.54) is 7.11 Å². The maximum absolute atomic E-state index is 12.0. The predicted octanol–water partition coefficient (Wildman–Crippen LogP) is 2.24. The number of hydrogen-bond acceptors (Lipinski definition) is 5. The zero-order chi connectivity index (χ0) is 15.7. The number of nitrogens with zero attached hydrogens (tertiary/aromatic N) is 2. The molecule has 2 N–H and O–H groups in total. The zero-order valence-electron chi connectivity index (χ0n) is 12.9. The molecule has 0 saturated carbocycles. The van der Waals surface area contributed by atoms with E-state index in [9.17, 15) is 4.79 Å². The molecule has 1 saturated heterocycles. The number of likely N-dealkylation sites (N-methyl/N-ethyl adjacent to an activating group) is 1. The van der Waals surface area contributed by atoms with Crippen molar-refractivity contribution in [3.63, 3.8) is 0 Å². The van der Waals surface area contributed by atoms with E-state index in [4.69, 9.17) is 22.1 Å². The molecule has 1 aromatic carbocycles. The Labute approximate surface area is 130 Å². The third kappa shape index (κ3) is 3.09. The van der Waals surface area contributed by atoms with Crippen molar-refractivity contribution in [1.29, 1.82) is 0 Å². The molecule has 2 unspecified atom stereocenters. The number of piperazine rings is 1. The van der Waals surface area contributed by atoms with E-state index in [0.717, 1.165) is 13.1 Å². The quantitative estimate of drug-likeness (QED) is 0.670. The molecule has 1 aliphatic rings. The molecule has 1 fully saturated rings. The van der Waals surface area contributed by atoms with Gasteiger partial charge in [-0.25, -0.2) is 4.79 Å². The first-order valence-corrected chi connectivity index (χ1v) is 7.37. The van der Waals surface area contributed by atoms with Crippen LogP contribution in [0.1, 0.15) is 24.2 Å². The minimum absolute atomic E-state index is 0.368. The van der Waals surface area contributed by atoms with E-state index < -0.39 is 5.97 Å². The normalized spacial score (nSPS) is 23.2. The number of rotatable bonds is 2. The molecule has 0 spiro atoms. The summed E-state index contributed by atoms with van der Waals surface area (Å²) in [6.45, 7) is 5.92. The lowest BCUT2D eigenvalue weighted by Gasteiger charge is -2.44. The highest BCUT2D eigenvalue weighted by atomic mass is 35.5. The molecule has 21 heavy (non-hydrogen) atoms. The third-order valence-corrected chi connectivity index (χ3v) is 4.46. The number of hydrogen-bond donors (Lipinski definition) is 1.